The molecule has 2 heterocycles. The monoisotopic (exact) mass is 295 g/mol. The molecule has 0 fully saturated rings. The summed E-state index contributed by atoms with van der Waals surface area (Å²) in [6, 6.07) is 2.98. The molecule has 0 aliphatic carbocycles. The van der Waals surface area contributed by atoms with Gasteiger partial charge in [0, 0.05) is 23.2 Å². The molecular weight excluding hydrogens is 288 g/mol. The van der Waals surface area contributed by atoms with E-state index in [9.17, 15) is 4.79 Å². The lowest BCUT2D eigenvalue weighted by atomic mass is 9.28. The van der Waals surface area contributed by atoms with Crippen molar-refractivity contribution in [3.05, 3.63) is 36.4 Å². The first-order chi connectivity index (χ1) is 10.6. The van der Waals surface area contributed by atoms with Crippen molar-refractivity contribution in [2.75, 3.05) is 0 Å². The lowest BCUT2D eigenvalue weighted by Gasteiger charge is -2.41. The average molecular weight is 294 g/mol. The SMILES string of the molecule is [B]C([B])([B])C([B])([B])Oc1ccc(-c2cncc(C(=O)O)n2)cn1. The summed E-state index contributed by atoms with van der Waals surface area (Å²) >= 11 is 0. The number of rotatable bonds is 5. The molecule has 0 aliphatic heterocycles. The number of ether oxygens (including phenoxy) is 1. The highest BCUT2D eigenvalue weighted by molar-refractivity contribution is 6.66. The molecule has 2 aromatic rings. The van der Waals surface area contributed by atoms with Crippen molar-refractivity contribution in [3.8, 4) is 17.1 Å². The van der Waals surface area contributed by atoms with Gasteiger partial charge in [-0.3, -0.25) is 4.98 Å². The largest absolute Gasteiger partial charge is 0.493 e. The molecule has 0 spiro atoms. The van der Waals surface area contributed by atoms with Crippen LogP contribution in [0.1, 0.15) is 10.5 Å². The Morgan fingerprint density at radius 1 is 1.09 bits per heavy atom. The van der Waals surface area contributed by atoms with Gasteiger partial charge in [0.1, 0.15) is 15.7 Å². The van der Waals surface area contributed by atoms with Gasteiger partial charge in [0.2, 0.25) is 5.88 Å². The van der Waals surface area contributed by atoms with Crippen molar-refractivity contribution in [2.24, 2.45) is 0 Å². The number of aromatic carboxylic acids is 1. The topological polar surface area (TPSA) is 85.2 Å². The maximum absolute atomic E-state index is 10.9. The van der Waals surface area contributed by atoms with E-state index >= 15 is 0 Å². The van der Waals surface area contributed by atoms with Gasteiger partial charge in [-0.05, 0) is 6.07 Å². The minimum Gasteiger partial charge on any atom is -0.493 e. The van der Waals surface area contributed by atoms with Crippen molar-refractivity contribution in [2.45, 2.75) is 10.5 Å². The summed E-state index contributed by atoms with van der Waals surface area (Å²) in [7, 11) is 27.4. The van der Waals surface area contributed by atoms with E-state index in [2.05, 4.69) is 15.0 Å². The van der Waals surface area contributed by atoms with E-state index in [1.807, 2.05) is 0 Å². The number of pyridine rings is 1. The molecule has 0 saturated carbocycles. The number of carboxylic acids is 1. The lowest BCUT2D eigenvalue weighted by Crippen LogP contribution is -2.51. The minimum atomic E-state index is -2.05. The van der Waals surface area contributed by atoms with E-state index in [0.29, 0.717) is 11.3 Å². The Labute approximate surface area is 139 Å². The lowest BCUT2D eigenvalue weighted by molar-refractivity contribution is 0.0690. The summed E-state index contributed by atoms with van der Waals surface area (Å²) in [6.45, 7) is 0. The highest BCUT2D eigenvalue weighted by Gasteiger charge is 2.32. The van der Waals surface area contributed by atoms with Gasteiger partial charge >= 0.3 is 5.97 Å². The molecule has 0 aliphatic rings. The van der Waals surface area contributed by atoms with Crippen LogP contribution in [0.2, 0.25) is 5.11 Å². The van der Waals surface area contributed by atoms with Crippen molar-refractivity contribution >= 4 is 45.2 Å². The van der Waals surface area contributed by atoms with Crippen LogP contribution in [0.5, 0.6) is 5.88 Å². The van der Waals surface area contributed by atoms with Crippen LogP contribution in [-0.4, -0.2) is 70.7 Å². The zero-order chi connectivity index (χ0) is 17.3. The highest BCUT2D eigenvalue weighted by Crippen LogP contribution is 2.28. The third kappa shape index (κ3) is 3.97. The van der Waals surface area contributed by atoms with Crippen molar-refractivity contribution < 1.29 is 14.6 Å². The quantitative estimate of drug-likeness (QED) is 0.726. The summed E-state index contributed by atoms with van der Waals surface area (Å²) in [5.41, 5.74) is 0.638. The van der Waals surface area contributed by atoms with E-state index in [1.165, 1.54) is 18.5 Å². The van der Waals surface area contributed by atoms with Gasteiger partial charge in [-0.15, -0.1) is 5.11 Å². The van der Waals surface area contributed by atoms with E-state index in [0.717, 1.165) is 6.20 Å². The van der Waals surface area contributed by atoms with Crippen molar-refractivity contribution in [1.82, 2.24) is 15.0 Å². The van der Waals surface area contributed by atoms with Gasteiger partial charge in [0.25, 0.3) is 0 Å². The molecule has 0 aromatic carbocycles. The predicted octanol–water partition coefficient (Wildman–Crippen LogP) is -0.814. The number of nitrogens with zero attached hydrogens (tertiary/aromatic N) is 3. The standard InChI is InChI=1S/C12H6B5N3O3/c13-11(14,15)12(16,17)23-9-2-1-6(3-19-9)7-4-18-5-8(20-7)10(21)22/h1-5H,(H,21,22). The summed E-state index contributed by atoms with van der Waals surface area (Å²) in [6.07, 6.45) is 3.90. The molecule has 10 radical (unpaired) electrons. The molecule has 0 unspecified atom stereocenters. The van der Waals surface area contributed by atoms with Gasteiger partial charge in [0.15, 0.2) is 5.69 Å². The summed E-state index contributed by atoms with van der Waals surface area (Å²) in [5, 5.41) is 4.86. The van der Waals surface area contributed by atoms with Gasteiger partial charge < -0.3 is 9.84 Å². The predicted molar refractivity (Wildman–Crippen MR) is 87.0 cm³/mol. The summed E-state index contributed by atoms with van der Waals surface area (Å²) < 4.78 is 5.16. The fourth-order valence-corrected chi connectivity index (χ4v) is 1.46. The zero-order valence-electron chi connectivity index (χ0n) is 11.9. The number of carbonyl (C=O) groups is 1. The molecule has 0 atom stereocenters. The van der Waals surface area contributed by atoms with Crippen LogP contribution >= 0.6 is 0 Å². The Morgan fingerprint density at radius 2 is 1.78 bits per heavy atom. The molecule has 102 valence electrons. The van der Waals surface area contributed by atoms with E-state index in [4.69, 9.17) is 49.1 Å². The van der Waals surface area contributed by atoms with Crippen LogP contribution in [0.4, 0.5) is 0 Å². The first kappa shape index (κ1) is 17.2. The van der Waals surface area contributed by atoms with Crippen molar-refractivity contribution in [1.29, 1.82) is 0 Å². The first-order valence-corrected chi connectivity index (χ1v) is 6.25. The number of carboxylic acid groups (broad SMARTS) is 1. The van der Waals surface area contributed by atoms with Crippen LogP contribution < -0.4 is 4.74 Å². The number of hydrogen-bond acceptors (Lipinski definition) is 5. The molecule has 2 aromatic heterocycles. The normalized spacial score (nSPS) is 11.8. The summed E-state index contributed by atoms with van der Waals surface area (Å²) in [5.74, 6) is -1.17. The Hall–Kier alpha value is -2.18. The minimum absolute atomic E-state index is 0.0202. The molecular formula is C12H6B5N3O3. The van der Waals surface area contributed by atoms with Crippen LogP contribution in [-0.2, 0) is 0 Å². The second-order valence-corrected chi connectivity index (χ2v) is 4.81. The van der Waals surface area contributed by atoms with Crippen LogP contribution in [0, 0.1) is 0 Å². The van der Waals surface area contributed by atoms with Crippen LogP contribution in [0.25, 0.3) is 11.3 Å². The third-order valence-corrected chi connectivity index (χ3v) is 2.84. The molecule has 23 heavy (non-hydrogen) atoms. The van der Waals surface area contributed by atoms with Gasteiger partial charge in [-0.2, -0.15) is 0 Å². The Balaban J connectivity index is 2.23. The van der Waals surface area contributed by atoms with Crippen LogP contribution in [0.15, 0.2) is 30.7 Å². The summed E-state index contributed by atoms with van der Waals surface area (Å²) in [4.78, 5) is 22.6. The maximum atomic E-state index is 10.9. The molecule has 6 nitrogen and oxygen atoms in total. The maximum Gasteiger partial charge on any atom is 0.356 e. The van der Waals surface area contributed by atoms with E-state index in [-0.39, 0.29) is 11.6 Å². The molecule has 2 rings (SSSR count). The van der Waals surface area contributed by atoms with Gasteiger partial charge in [-0.25, -0.2) is 14.8 Å². The fraction of sp³-hybridized carbons (Fsp3) is 0.167. The third-order valence-electron chi connectivity index (χ3n) is 2.84. The fourth-order valence-electron chi connectivity index (χ4n) is 1.46. The van der Waals surface area contributed by atoms with Gasteiger partial charge in [-0.1, -0.05) is 0 Å². The van der Waals surface area contributed by atoms with Crippen molar-refractivity contribution in [3.63, 3.8) is 0 Å². The average Bonchev–Trinajstić information content (AvgIpc) is 2.46. The second-order valence-electron chi connectivity index (χ2n) is 4.81. The molecule has 0 amide bonds. The smallest absolute Gasteiger partial charge is 0.356 e. The van der Waals surface area contributed by atoms with E-state index < -0.39 is 16.5 Å². The second kappa shape index (κ2) is 6.14. The molecule has 1 N–H and O–H groups in total. The van der Waals surface area contributed by atoms with Gasteiger partial charge in [0.05, 0.1) is 41.6 Å². The van der Waals surface area contributed by atoms with E-state index in [1.54, 1.807) is 6.07 Å². The first-order valence-electron chi connectivity index (χ1n) is 6.25. The van der Waals surface area contributed by atoms with Crippen LogP contribution in [0.3, 0.4) is 0 Å². The Morgan fingerprint density at radius 3 is 2.30 bits per heavy atom. The molecule has 0 bridgehead atoms. The molecule has 0 saturated heterocycles. The highest BCUT2D eigenvalue weighted by atomic mass is 16.5. The molecule has 11 heteroatoms. The zero-order valence-corrected chi connectivity index (χ0v) is 11.9. The Kier molecular flexibility index (Phi) is 4.59. The number of hydrogen-bond donors (Lipinski definition) is 1. The number of aromatic nitrogens is 3. The Bertz CT molecular complexity index is 719.